The highest BCUT2D eigenvalue weighted by atomic mass is 16.2. The summed E-state index contributed by atoms with van der Waals surface area (Å²) in [7, 11) is 0. The van der Waals surface area contributed by atoms with Gasteiger partial charge in [-0.15, -0.1) is 0 Å². The predicted molar refractivity (Wildman–Crippen MR) is 48.1 cm³/mol. The molecule has 1 saturated heterocycles. The Kier molecular flexibility index (Phi) is 2.14. The van der Waals surface area contributed by atoms with Gasteiger partial charge in [-0.3, -0.25) is 14.6 Å². The maximum atomic E-state index is 11.0. The molecule has 1 unspecified atom stereocenters. The average Bonchev–Trinajstić information content (AvgIpc) is 2.23. The molecule has 2 amide bonds. The second-order valence-electron chi connectivity index (χ2n) is 3.02. The minimum Gasteiger partial charge on any atom is -0.345 e. The highest BCUT2D eigenvalue weighted by Crippen LogP contribution is 2.11. The summed E-state index contributed by atoms with van der Waals surface area (Å²) in [5.74, 6) is -1.17. The van der Waals surface area contributed by atoms with E-state index in [2.05, 4.69) is 15.6 Å². The van der Waals surface area contributed by atoms with Crippen molar-refractivity contribution in [2.75, 3.05) is 6.54 Å². The summed E-state index contributed by atoms with van der Waals surface area (Å²) >= 11 is 0. The third-order valence-electron chi connectivity index (χ3n) is 2.07. The SMILES string of the molecule is O=C1NCC(c2cccnc2)NC1=O. The monoisotopic (exact) mass is 191 g/mol. The predicted octanol–water partition coefficient (Wildman–Crippen LogP) is -0.631. The van der Waals surface area contributed by atoms with E-state index in [9.17, 15) is 9.59 Å². The van der Waals surface area contributed by atoms with E-state index in [0.29, 0.717) is 6.54 Å². The van der Waals surface area contributed by atoms with Gasteiger partial charge in [0.1, 0.15) is 0 Å². The maximum Gasteiger partial charge on any atom is 0.309 e. The van der Waals surface area contributed by atoms with Crippen LogP contribution in [0.3, 0.4) is 0 Å². The summed E-state index contributed by atoms with van der Waals surface area (Å²) < 4.78 is 0. The molecule has 1 aromatic rings. The minimum atomic E-state index is -0.592. The van der Waals surface area contributed by atoms with Crippen LogP contribution in [0.15, 0.2) is 24.5 Å². The molecule has 1 atom stereocenters. The van der Waals surface area contributed by atoms with Gasteiger partial charge in [-0.05, 0) is 11.6 Å². The van der Waals surface area contributed by atoms with Crippen LogP contribution >= 0.6 is 0 Å². The van der Waals surface area contributed by atoms with Gasteiger partial charge < -0.3 is 10.6 Å². The molecule has 2 N–H and O–H groups in total. The largest absolute Gasteiger partial charge is 0.345 e. The molecule has 5 nitrogen and oxygen atoms in total. The highest BCUT2D eigenvalue weighted by molar-refractivity contribution is 6.35. The van der Waals surface area contributed by atoms with Gasteiger partial charge in [-0.25, -0.2) is 0 Å². The first-order chi connectivity index (χ1) is 6.77. The van der Waals surface area contributed by atoms with Gasteiger partial charge in [0.05, 0.1) is 6.04 Å². The maximum absolute atomic E-state index is 11.0. The summed E-state index contributed by atoms with van der Waals surface area (Å²) in [6.07, 6.45) is 3.33. The standard InChI is InChI=1S/C9H9N3O2/c13-8-9(14)12-7(5-11-8)6-2-1-3-10-4-6/h1-4,7H,5H2,(H,11,13)(H,12,14). The zero-order chi connectivity index (χ0) is 9.97. The fourth-order valence-electron chi connectivity index (χ4n) is 1.33. The van der Waals surface area contributed by atoms with Crippen molar-refractivity contribution in [2.24, 2.45) is 0 Å². The van der Waals surface area contributed by atoms with Crippen molar-refractivity contribution in [1.82, 2.24) is 15.6 Å². The molecule has 2 rings (SSSR count). The van der Waals surface area contributed by atoms with Crippen molar-refractivity contribution in [3.63, 3.8) is 0 Å². The van der Waals surface area contributed by atoms with Gasteiger partial charge in [0.2, 0.25) is 0 Å². The molecule has 1 aromatic heterocycles. The second kappa shape index (κ2) is 3.45. The van der Waals surface area contributed by atoms with Crippen LogP contribution in [0, 0.1) is 0 Å². The number of hydrogen-bond acceptors (Lipinski definition) is 3. The van der Waals surface area contributed by atoms with Crippen molar-refractivity contribution in [1.29, 1.82) is 0 Å². The van der Waals surface area contributed by atoms with Crippen LogP contribution in [0.2, 0.25) is 0 Å². The molecule has 0 aliphatic carbocycles. The van der Waals surface area contributed by atoms with E-state index in [-0.39, 0.29) is 6.04 Å². The van der Waals surface area contributed by atoms with Gasteiger partial charge in [0.25, 0.3) is 0 Å². The average molecular weight is 191 g/mol. The number of piperazine rings is 1. The van der Waals surface area contributed by atoms with Crippen molar-refractivity contribution < 1.29 is 9.59 Å². The lowest BCUT2D eigenvalue weighted by Gasteiger charge is -2.23. The summed E-state index contributed by atoms with van der Waals surface area (Å²) in [6.45, 7) is 0.413. The smallest absolute Gasteiger partial charge is 0.309 e. The molecule has 0 aromatic carbocycles. The first-order valence-electron chi connectivity index (χ1n) is 4.26. The van der Waals surface area contributed by atoms with E-state index in [4.69, 9.17) is 0 Å². The number of nitrogens with one attached hydrogen (secondary N) is 2. The number of pyridine rings is 1. The Morgan fingerprint density at radius 2 is 2.21 bits per heavy atom. The first-order valence-corrected chi connectivity index (χ1v) is 4.26. The fourth-order valence-corrected chi connectivity index (χ4v) is 1.33. The van der Waals surface area contributed by atoms with Crippen molar-refractivity contribution in [3.05, 3.63) is 30.1 Å². The van der Waals surface area contributed by atoms with Crippen LogP contribution in [0.25, 0.3) is 0 Å². The number of nitrogens with zero attached hydrogens (tertiary/aromatic N) is 1. The van der Waals surface area contributed by atoms with Gasteiger partial charge in [-0.1, -0.05) is 6.07 Å². The molecule has 0 bridgehead atoms. The molecular weight excluding hydrogens is 182 g/mol. The third kappa shape index (κ3) is 1.56. The molecule has 0 saturated carbocycles. The van der Waals surface area contributed by atoms with Gasteiger partial charge in [-0.2, -0.15) is 0 Å². The van der Waals surface area contributed by atoms with Crippen LogP contribution in [-0.2, 0) is 9.59 Å². The lowest BCUT2D eigenvalue weighted by molar-refractivity contribution is -0.141. The zero-order valence-electron chi connectivity index (χ0n) is 7.36. The Hall–Kier alpha value is -1.91. The lowest BCUT2D eigenvalue weighted by atomic mass is 10.1. The molecule has 14 heavy (non-hydrogen) atoms. The van der Waals surface area contributed by atoms with Crippen molar-refractivity contribution >= 4 is 11.8 Å². The third-order valence-corrected chi connectivity index (χ3v) is 2.07. The summed E-state index contributed by atoms with van der Waals surface area (Å²) in [4.78, 5) is 25.8. The summed E-state index contributed by atoms with van der Waals surface area (Å²) in [5.41, 5.74) is 0.890. The topological polar surface area (TPSA) is 71.1 Å². The zero-order valence-corrected chi connectivity index (χ0v) is 7.36. The van der Waals surface area contributed by atoms with Gasteiger partial charge in [0, 0.05) is 18.9 Å². The molecule has 1 fully saturated rings. The summed E-state index contributed by atoms with van der Waals surface area (Å²) in [6, 6.07) is 3.47. The minimum absolute atomic E-state index is 0.172. The van der Waals surface area contributed by atoms with Gasteiger partial charge >= 0.3 is 11.8 Å². The van der Waals surface area contributed by atoms with E-state index >= 15 is 0 Å². The van der Waals surface area contributed by atoms with Crippen LogP contribution < -0.4 is 10.6 Å². The number of carbonyl (C=O) groups excluding carboxylic acids is 2. The summed E-state index contributed by atoms with van der Waals surface area (Å²) in [5, 5.41) is 5.09. The van der Waals surface area contributed by atoms with E-state index in [0.717, 1.165) is 5.56 Å². The Morgan fingerprint density at radius 3 is 2.86 bits per heavy atom. The quantitative estimate of drug-likeness (QED) is 0.580. The van der Waals surface area contributed by atoms with Crippen molar-refractivity contribution in [3.8, 4) is 0 Å². The Labute approximate surface area is 80.5 Å². The van der Waals surface area contributed by atoms with Crippen LogP contribution in [-0.4, -0.2) is 23.3 Å². The fraction of sp³-hybridized carbons (Fsp3) is 0.222. The number of rotatable bonds is 1. The second-order valence-corrected chi connectivity index (χ2v) is 3.02. The lowest BCUT2D eigenvalue weighted by Crippen LogP contribution is -2.51. The Bertz CT molecular complexity index is 364. The highest BCUT2D eigenvalue weighted by Gasteiger charge is 2.25. The van der Waals surface area contributed by atoms with Crippen molar-refractivity contribution in [2.45, 2.75) is 6.04 Å². The van der Waals surface area contributed by atoms with E-state index in [1.165, 1.54) is 0 Å². The molecule has 0 spiro atoms. The molecule has 1 aliphatic rings. The Balaban J connectivity index is 2.14. The molecule has 72 valence electrons. The number of carbonyl (C=O) groups is 2. The molecule has 0 radical (unpaired) electrons. The number of aromatic nitrogens is 1. The van der Waals surface area contributed by atoms with Gasteiger partial charge in [0.15, 0.2) is 0 Å². The van der Waals surface area contributed by atoms with E-state index in [1.54, 1.807) is 18.5 Å². The molecule has 5 heteroatoms. The Morgan fingerprint density at radius 1 is 1.36 bits per heavy atom. The number of amides is 2. The van der Waals surface area contributed by atoms with E-state index in [1.807, 2.05) is 6.07 Å². The van der Waals surface area contributed by atoms with Crippen LogP contribution in [0.5, 0.6) is 0 Å². The molecule has 2 heterocycles. The van der Waals surface area contributed by atoms with Crippen LogP contribution in [0.4, 0.5) is 0 Å². The van der Waals surface area contributed by atoms with Crippen LogP contribution in [0.1, 0.15) is 11.6 Å². The molecule has 1 aliphatic heterocycles. The normalized spacial score (nSPS) is 21.3. The number of hydrogen-bond donors (Lipinski definition) is 2. The first kappa shape index (κ1) is 8.68. The van der Waals surface area contributed by atoms with E-state index < -0.39 is 11.8 Å². The molecular formula is C9H9N3O2.